The van der Waals surface area contributed by atoms with Crippen LogP contribution in [0.4, 0.5) is 0 Å². The van der Waals surface area contributed by atoms with Crippen molar-refractivity contribution in [3.8, 4) is 0 Å². The molecule has 2 aromatic rings. The summed E-state index contributed by atoms with van der Waals surface area (Å²) in [6.45, 7) is 0. The quantitative estimate of drug-likeness (QED) is 0.940. The Kier molecular flexibility index (Phi) is 3.06. The number of hydrogen-bond acceptors (Lipinski definition) is 3. The Morgan fingerprint density at radius 1 is 1.27 bits per heavy atom. The molecule has 0 saturated heterocycles. The van der Waals surface area contributed by atoms with Gasteiger partial charge in [-0.3, -0.25) is 14.2 Å². The second-order valence-electron chi connectivity index (χ2n) is 6.44. The third-order valence-corrected chi connectivity index (χ3v) is 4.81. The Morgan fingerprint density at radius 3 is 2.86 bits per heavy atom. The second-order valence-corrected chi connectivity index (χ2v) is 6.44. The summed E-state index contributed by atoms with van der Waals surface area (Å²) in [6.07, 6.45) is 7.36. The van der Waals surface area contributed by atoms with Gasteiger partial charge < -0.3 is 5.32 Å². The van der Waals surface area contributed by atoms with Crippen molar-refractivity contribution in [3.05, 3.63) is 34.9 Å². The molecular weight excluding hydrogens is 278 g/mol. The molecule has 22 heavy (non-hydrogen) atoms. The maximum Gasteiger partial charge on any atom is 0.270 e. The zero-order chi connectivity index (χ0) is 15.3. The van der Waals surface area contributed by atoms with Gasteiger partial charge in [-0.05, 0) is 38.2 Å². The van der Waals surface area contributed by atoms with Crippen molar-refractivity contribution in [2.45, 2.75) is 44.1 Å². The number of aromatic nitrogens is 4. The average Bonchev–Trinajstić information content (AvgIpc) is 3.18. The summed E-state index contributed by atoms with van der Waals surface area (Å²) in [5.74, 6) is 0.524. The van der Waals surface area contributed by atoms with E-state index >= 15 is 0 Å². The van der Waals surface area contributed by atoms with E-state index in [0.29, 0.717) is 11.6 Å². The van der Waals surface area contributed by atoms with Gasteiger partial charge in [0.05, 0.1) is 17.9 Å². The van der Waals surface area contributed by atoms with Crippen molar-refractivity contribution in [3.63, 3.8) is 0 Å². The molecule has 0 bridgehead atoms. The van der Waals surface area contributed by atoms with Gasteiger partial charge in [0.25, 0.3) is 5.91 Å². The number of rotatable bonds is 3. The predicted molar refractivity (Wildman–Crippen MR) is 81.5 cm³/mol. The molecule has 1 amide bonds. The molecule has 1 atom stereocenters. The van der Waals surface area contributed by atoms with Gasteiger partial charge in [-0.25, -0.2) is 0 Å². The molecule has 1 N–H and O–H groups in total. The number of aryl methyl sites for hydroxylation is 2. The molecule has 2 aliphatic rings. The number of hydrogen-bond donors (Lipinski definition) is 1. The average molecular weight is 299 g/mol. The Balaban J connectivity index is 1.55. The van der Waals surface area contributed by atoms with Crippen molar-refractivity contribution in [1.29, 1.82) is 0 Å². The number of fused-ring (bicyclic) bond motifs is 1. The molecule has 4 rings (SSSR count). The molecule has 2 aliphatic carbocycles. The molecule has 2 aromatic heterocycles. The molecule has 116 valence electrons. The van der Waals surface area contributed by atoms with E-state index < -0.39 is 0 Å². The Morgan fingerprint density at radius 2 is 2.09 bits per heavy atom. The number of carbonyl (C=O) groups is 1. The van der Waals surface area contributed by atoms with Gasteiger partial charge >= 0.3 is 0 Å². The monoisotopic (exact) mass is 299 g/mol. The highest BCUT2D eigenvalue weighted by atomic mass is 16.2. The highest BCUT2D eigenvalue weighted by Crippen LogP contribution is 2.39. The van der Waals surface area contributed by atoms with Crippen LogP contribution < -0.4 is 5.32 Å². The van der Waals surface area contributed by atoms with E-state index in [4.69, 9.17) is 0 Å². The molecule has 1 saturated carbocycles. The highest BCUT2D eigenvalue weighted by Gasteiger charge is 2.29. The molecule has 1 fully saturated rings. The standard InChI is InChI=1S/C16H21N5O/c1-20-14-5-3-4-12(11(14)9-17-20)18-16(22)15-8-13(10-6-7-10)19-21(15)2/h8-10,12H,3-7H2,1-2H3,(H,18,22). The minimum Gasteiger partial charge on any atom is -0.344 e. The Labute approximate surface area is 129 Å². The molecule has 0 aromatic carbocycles. The van der Waals surface area contributed by atoms with Gasteiger partial charge in [0.1, 0.15) is 5.69 Å². The lowest BCUT2D eigenvalue weighted by molar-refractivity contribution is 0.0923. The predicted octanol–water partition coefficient (Wildman–Crippen LogP) is 1.84. The zero-order valence-electron chi connectivity index (χ0n) is 13.0. The van der Waals surface area contributed by atoms with Crippen LogP contribution in [-0.4, -0.2) is 25.5 Å². The van der Waals surface area contributed by atoms with E-state index in [1.807, 2.05) is 31.0 Å². The van der Waals surface area contributed by atoms with Crippen LogP contribution in [-0.2, 0) is 20.5 Å². The van der Waals surface area contributed by atoms with E-state index in [0.717, 1.165) is 30.5 Å². The summed E-state index contributed by atoms with van der Waals surface area (Å²) < 4.78 is 3.62. The van der Waals surface area contributed by atoms with Crippen molar-refractivity contribution in [2.24, 2.45) is 14.1 Å². The van der Waals surface area contributed by atoms with E-state index in [9.17, 15) is 4.79 Å². The molecule has 6 heteroatoms. The minimum atomic E-state index is -0.0383. The molecule has 0 radical (unpaired) electrons. The van der Waals surface area contributed by atoms with Gasteiger partial charge in [0.2, 0.25) is 0 Å². The van der Waals surface area contributed by atoms with Crippen LogP contribution in [0.15, 0.2) is 12.3 Å². The van der Waals surface area contributed by atoms with E-state index in [-0.39, 0.29) is 11.9 Å². The first-order valence-electron chi connectivity index (χ1n) is 7.99. The van der Waals surface area contributed by atoms with Crippen molar-refractivity contribution < 1.29 is 4.79 Å². The van der Waals surface area contributed by atoms with Gasteiger partial charge in [-0.2, -0.15) is 10.2 Å². The normalized spacial score (nSPS) is 20.7. The van der Waals surface area contributed by atoms with Gasteiger partial charge in [-0.15, -0.1) is 0 Å². The lowest BCUT2D eigenvalue weighted by Gasteiger charge is -2.23. The van der Waals surface area contributed by atoms with Crippen LogP contribution in [0, 0.1) is 0 Å². The van der Waals surface area contributed by atoms with Crippen molar-refractivity contribution in [2.75, 3.05) is 0 Å². The van der Waals surface area contributed by atoms with E-state index in [1.165, 1.54) is 18.5 Å². The van der Waals surface area contributed by atoms with Crippen LogP contribution in [0.1, 0.15) is 65.1 Å². The minimum absolute atomic E-state index is 0.0383. The number of nitrogens with one attached hydrogen (secondary N) is 1. The lowest BCUT2D eigenvalue weighted by Crippen LogP contribution is -2.32. The fourth-order valence-corrected chi connectivity index (χ4v) is 3.37. The van der Waals surface area contributed by atoms with Crippen LogP contribution >= 0.6 is 0 Å². The summed E-state index contributed by atoms with van der Waals surface area (Å²) in [7, 11) is 3.81. The van der Waals surface area contributed by atoms with Gasteiger partial charge in [0, 0.05) is 31.3 Å². The summed E-state index contributed by atoms with van der Waals surface area (Å²) in [5.41, 5.74) is 4.10. The lowest BCUT2D eigenvalue weighted by atomic mass is 9.93. The van der Waals surface area contributed by atoms with Crippen LogP contribution in [0.3, 0.4) is 0 Å². The van der Waals surface area contributed by atoms with Crippen LogP contribution in [0.25, 0.3) is 0 Å². The second kappa shape index (κ2) is 4.97. The van der Waals surface area contributed by atoms with Gasteiger partial charge in [0.15, 0.2) is 0 Å². The van der Waals surface area contributed by atoms with Gasteiger partial charge in [-0.1, -0.05) is 0 Å². The van der Waals surface area contributed by atoms with Crippen molar-refractivity contribution >= 4 is 5.91 Å². The molecule has 1 unspecified atom stereocenters. The molecule has 0 spiro atoms. The maximum absolute atomic E-state index is 12.6. The van der Waals surface area contributed by atoms with E-state index in [1.54, 1.807) is 4.68 Å². The summed E-state index contributed by atoms with van der Waals surface area (Å²) in [6, 6.07) is 2.00. The first kappa shape index (κ1) is 13.5. The number of nitrogens with zero attached hydrogens (tertiary/aromatic N) is 4. The molecule has 0 aliphatic heterocycles. The first-order valence-corrected chi connectivity index (χ1v) is 7.99. The maximum atomic E-state index is 12.6. The summed E-state index contributed by atoms with van der Waals surface area (Å²) in [4.78, 5) is 12.6. The molecule has 6 nitrogen and oxygen atoms in total. The fraction of sp³-hybridized carbons (Fsp3) is 0.562. The third-order valence-electron chi connectivity index (χ3n) is 4.81. The third kappa shape index (κ3) is 2.23. The Bertz CT molecular complexity index is 725. The first-order chi connectivity index (χ1) is 10.6. The summed E-state index contributed by atoms with van der Waals surface area (Å²) >= 11 is 0. The van der Waals surface area contributed by atoms with Crippen LogP contribution in [0.5, 0.6) is 0 Å². The van der Waals surface area contributed by atoms with Crippen molar-refractivity contribution in [1.82, 2.24) is 24.9 Å². The summed E-state index contributed by atoms with van der Waals surface area (Å²) in [5, 5.41) is 12.0. The largest absolute Gasteiger partial charge is 0.344 e. The topological polar surface area (TPSA) is 64.7 Å². The fourth-order valence-electron chi connectivity index (χ4n) is 3.37. The molecule has 2 heterocycles. The Hall–Kier alpha value is -2.11. The number of carbonyl (C=O) groups excluding carboxylic acids is 1. The van der Waals surface area contributed by atoms with E-state index in [2.05, 4.69) is 15.5 Å². The zero-order valence-corrected chi connectivity index (χ0v) is 13.0. The highest BCUT2D eigenvalue weighted by molar-refractivity contribution is 5.93. The van der Waals surface area contributed by atoms with Crippen LogP contribution in [0.2, 0.25) is 0 Å². The smallest absolute Gasteiger partial charge is 0.270 e. The molecular formula is C16H21N5O. The SMILES string of the molecule is Cn1nc(C2CC2)cc1C(=O)NC1CCCc2c1cnn2C. The number of amides is 1.